The van der Waals surface area contributed by atoms with Crippen molar-refractivity contribution in [1.29, 1.82) is 0 Å². The van der Waals surface area contributed by atoms with Gasteiger partial charge < -0.3 is 10.3 Å². The van der Waals surface area contributed by atoms with Gasteiger partial charge in [0.25, 0.3) is 0 Å². The number of aromatic amines is 1. The predicted molar refractivity (Wildman–Crippen MR) is 101 cm³/mol. The highest BCUT2D eigenvalue weighted by molar-refractivity contribution is 7.89. The average Bonchev–Trinajstić information content (AvgIpc) is 3.07. The van der Waals surface area contributed by atoms with Gasteiger partial charge in [-0.05, 0) is 36.2 Å². The molecule has 6 nitrogen and oxygen atoms in total. The zero-order valence-corrected chi connectivity index (χ0v) is 15.7. The molecule has 0 aliphatic rings. The van der Waals surface area contributed by atoms with Crippen LogP contribution in [0.4, 0.5) is 8.78 Å². The van der Waals surface area contributed by atoms with Crippen LogP contribution in [0.3, 0.4) is 0 Å². The summed E-state index contributed by atoms with van der Waals surface area (Å²) >= 11 is 0. The van der Waals surface area contributed by atoms with Crippen LogP contribution in [0.2, 0.25) is 0 Å². The van der Waals surface area contributed by atoms with Crippen molar-refractivity contribution in [3.8, 4) is 0 Å². The fraction of sp³-hybridized carbons (Fsp3) is 0.211. The van der Waals surface area contributed by atoms with Crippen molar-refractivity contribution in [2.45, 2.75) is 17.7 Å². The lowest BCUT2D eigenvalue weighted by Crippen LogP contribution is -2.31. The van der Waals surface area contributed by atoms with Crippen LogP contribution in [0.5, 0.6) is 0 Å². The molecular weight excluding hydrogens is 388 g/mol. The fourth-order valence-corrected chi connectivity index (χ4v) is 3.83. The van der Waals surface area contributed by atoms with Crippen LogP contribution in [0.15, 0.2) is 53.6 Å². The molecule has 3 rings (SSSR count). The number of aromatic nitrogens is 1. The molecule has 3 aromatic rings. The van der Waals surface area contributed by atoms with E-state index in [1.54, 1.807) is 0 Å². The molecule has 0 aliphatic carbocycles. The molecule has 0 saturated heterocycles. The molecule has 2 aromatic carbocycles. The quantitative estimate of drug-likeness (QED) is 0.536. The van der Waals surface area contributed by atoms with E-state index in [-0.39, 0.29) is 18.9 Å². The van der Waals surface area contributed by atoms with Gasteiger partial charge in [-0.3, -0.25) is 4.79 Å². The lowest BCUT2D eigenvalue weighted by molar-refractivity contribution is -0.120. The average molecular weight is 407 g/mol. The van der Waals surface area contributed by atoms with E-state index in [0.29, 0.717) is 19.0 Å². The number of H-pyrrole nitrogens is 1. The molecule has 9 heteroatoms. The summed E-state index contributed by atoms with van der Waals surface area (Å²) in [5.41, 5.74) is 2.10. The van der Waals surface area contributed by atoms with Crippen molar-refractivity contribution < 1.29 is 22.0 Å². The molecule has 1 heterocycles. The van der Waals surface area contributed by atoms with E-state index >= 15 is 0 Å². The Bertz CT molecular complexity index is 1100. The number of carbonyl (C=O) groups excluding carboxylic acids is 1. The standard InChI is InChI=1S/C19H19F2N3O3S/c20-16-6-5-14(11-17(16)21)28(26,27)24-10-8-19(25)22-9-7-13-12-23-18-4-2-1-3-15(13)18/h1-6,11-12,23-24H,7-10H2,(H,22,25). The minimum atomic E-state index is -4.02. The third-order valence-electron chi connectivity index (χ3n) is 4.24. The van der Waals surface area contributed by atoms with Gasteiger partial charge in [-0.1, -0.05) is 18.2 Å². The number of nitrogens with one attached hydrogen (secondary N) is 3. The molecule has 0 saturated carbocycles. The van der Waals surface area contributed by atoms with Crippen molar-refractivity contribution >= 4 is 26.8 Å². The Labute approximate surface area is 161 Å². The summed E-state index contributed by atoms with van der Waals surface area (Å²) in [6, 6.07) is 10.1. The molecule has 0 fully saturated rings. The molecule has 0 atom stereocenters. The van der Waals surface area contributed by atoms with Crippen LogP contribution < -0.4 is 10.0 Å². The number of hydrogen-bond donors (Lipinski definition) is 3. The minimum Gasteiger partial charge on any atom is -0.361 e. The van der Waals surface area contributed by atoms with Gasteiger partial charge in [-0.25, -0.2) is 21.9 Å². The summed E-state index contributed by atoms with van der Waals surface area (Å²) in [5.74, 6) is -2.70. The van der Waals surface area contributed by atoms with Gasteiger partial charge in [0.15, 0.2) is 11.6 Å². The Kier molecular flexibility index (Phi) is 6.05. The van der Waals surface area contributed by atoms with E-state index in [1.807, 2.05) is 30.5 Å². The van der Waals surface area contributed by atoms with E-state index in [2.05, 4.69) is 15.0 Å². The van der Waals surface area contributed by atoms with Crippen LogP contribution in [0.25, 0.3) is 10.9 Å². The normalized spacial score (nSPS) is 11.6. The van der Waals surface area contributed by atoms with Crippen molar-refractivity contribution in [3.05, 3.63) is 65.9 Å². The second kappa shape index (κ2) is 8.49. The first-order valence-corrected chi connectivity index (χ1v) is 10.1. The summed E-state index contributed by atoms with van der Waals surface area (Å²) in [6.45, 7) is 0.261. The Balaban J connectivity index is 1.44. The summed E-state index contributed by atoms with van der Waals surface area (Å²) in [7, 11) is -4.02. The van der Waals surface area contributed by atoms with Crippen molar-refractivity contribution in [1.82, 2.24) is 15.0 Å². The van der Waals surface area contributed by atoms with Gasteiger partial charge in [0.1, 0.15) is 0 Å². The minimum absolute atomic E-state index is 0.0726. The number of carbonyl (C=O) groups is 1. The number of hydrogen-bond acceptors (Lipinski definition) is 3. The smallest absolute Gasteiger partial charge is 0.240 e. The molecule has 0 aliphatic heterocycles. The monoisotopic (exact) mass is 407 g/mol. The number of halogens is 2. The van der Waals surface area contributed by atoms with E-state index in [4.69, 9.17) is 0 Å². The van der Waals surface area contributed by atoms with Crippen molar-refractivity contribution in [2.75, 3.05) is 13.1 Å². The lowest BCUT2D eigenvalue weighted by atomic mass is 10.1. The van der Waals surface area contributed by atoms with Crippen molar-refractivity contribution in [3.63, 3.8) is 0 Å². The highest BCUT2D eigenvalue weighted by atomic mass is 32.2. The first-order valence-electron chi connectivity index (χ1n) is 8.63. The van der Waals surface area contributed by atoms with Crippen LogP contribution >= 0.6 is 0 Å². The van der Waals surface area contributed by atoms with Gasteiger partial charge in [-0.15, -0.1) is 0 Å². The van der Waals surface area contributed by atoms with Crippen LogP contribution in [-0.4, -0.2) is 32.4 Å². The largest absolute Gasteiger partial charge is 0.361 e. The molecule has 0 unspecified atom stereocenters. The predicted octanol–water partition coefficient (Wildman–Crippen LogP) is 2.47. The third-order valence-corrected chi connectivity index (χ3v) is 5.70. The second-order valence-electron chi connectivity index (χ2n) is 6.18. The summed E-state index contributed by atoms with van der Waals surface area (Å²) in [4.78, 5) is 14.7. The second-order valence-corrected chi connectivity index (χ2v) is 7.95. The highest BCUT2D eigenvalue weighted by Crippen LogP contribution is 2.17. The van der Waals surface area contributed by atoms with Crippen molar-refractivity contribution in [2.24, 2.45) is 0 Å². The Morgan fingerprint density at radius 3 is 2.61 bits per heavy atom. The van der Waals surface area contributed by atoms with Gasteiger partial charge >= 0.3 is 0 Å². The summed E-state index contributed by atoms with van der Waals surface area (Å²) < 4.78 is 52.4. The van der Waals surface area contributed by atoms with Gasteiger partial charge in [0.05, 0.1) is 4.90 Å². The molecule has 3 N–H and O–H groups in total. The summed E-state index contributed by atoms with van der Waals surface area (Å²) in [6.07, 6.45) is 2.46. The van der Waals surface area contributed by atoms with Gasteiger partial charge in [-0.2, -0.15) is 0 Å². The van der Waals surface area contributed by atoms with E-state index < -0.39 is 26.6 Å². The van der Waals surface area contributed by atoms with Crippen LogP contribution in [-0.2, 0) is 21.2 Å². The SMILES string of the molecule is O=C(CCNS(=O)(=O)c1ccc(F)c(F)c1)NCCc1c[nH]c2ccccc12. The molecule has 148 valence electrons. The zero-order valence-electron chi connectivity index (χ0n) is 14.8. The Morgan fingerprint density at radius 1 is 1.04 bits per heavy atom. The highest BCUT2D eigenvalue weighted by Gasteiger charge is 2.16. The zero-order chi connectivity index (χ0) is 20.1. The topological polar surface area (TPSA) is 91.1 Å². The van der Waals surface area contributed by atoms with Crippen LogP contribution in [0.1, 0.15) is 12.0 Å². The Hall–Kier alpha value is -2.78. The third kappa shape index (κ3) is 4.73. The van der Waals surface area contributed by atoms with E-state index in [9.17, 15) is 22.0 Å². The molecule has 1 aromatic heterocycles. The number of para-hydroxylation sites is 1. The van der Waals surface area contributed by atoms with Gasteiger partial charge in [0, 0.05) is 36.6 Å². The first kappa shape index (κ1) is 20.0. The number of rotatable bonds is 8. The maximum atomic E-state index is 13.2. The fourth-order valence-electron chi connectivity index (χ4n) is 2.79. The first-order chi connectivity index (χ1) is 13.4. The molecule has 1 amide bonds. The van der Waals surface area contributed by atoms with E-state index in [1.165, 1.54) is 0 Å². The molecule has 0 spiro atoms. The maximum Gasteiger partial charge on any atom is 0.240 e. The molecule has 28 heavy (non-hydrogen) atoms. The van der Waals surface area contributed by atoms with E-state index in [0.717, 1.165) is 28.6 Å². The van der Waals surface area contributed by atoms with Crippen LogP contribution in [0, 0.1) is 11.6 Å². The number of fused-ring (bicyclic) bond motifs is 1. The molecular formula is C19H19F2N3O3S. The lowest BCUT2D eigenvalue weighted by Gasteiger charge is -2.08. The number of amides is 1. The maximum absolute atomic E-state index is 13.2. The van der Waals surface area contributed by atoms with Gasteiger partial charge in [0.2, 0.25) is 15.9 Å². The molecule has 0 radical (unpaired) electrons. The Morgan fingerprint density at radius 2 is 1.82 bits per heavy atom. The molecule has 0 bridgehead atoms. The number of benzene rings is 2. The number of sulfonamides is 1. The summed E-state index contributed by atoms with van der Waals surface area (Å²) in [5, 5.41) is 3.82.